The normalized spacial score (nSPS) is 11.0. The molecule has 0 atom stereocenters. The summed E-state index contributed by atoms with van der Waals surface area (Å²) in [7, 11) is 0. The Labute approximate surface area is 151 Å². The number of benzene rings is 2. The summed E-state index contributed by atoms with van der Waals surface area (Å²) in [5.74, 6) is 1.25. The van der Waals surface area contributed by atoms with Crippen LogP contribution in [0.25, 0.3) is 10.8 Å². The first-order valence-electron chi connectivity index (χ1n) is 8.55. The van der Waals surface area contributed by atoms with Crippen molar-refractivity contribution in [1.82, 2.24) is 14.8 Å². The lowest BCUT2D eigenvalue weighted by molar-refractivity contribution is -0.113. The number of carbonyl (C=O) groups excluding carboxylic acids is 1. The third kappa shape index (κ3) is 4.02. The van der Waals surface area contributed by atoms with Gasteiger partial charge in [0.2, 0.25) is 5.91 Å². The minimum absolute atomic E-state index is 0.0366. The molecule has 0 fully saturated rings. The molecule has 6 heteroatoms. The smallest absolute Gasteiger partial charge is 0.234 e. The van der Waals surface area contributed by atoms with E-state index in [1.165, 1.54) is 11.8 Å². The molecule has 1 amide bonds. The van der Waals surface area contributed by atoms with Crippen LogP contribution in [0, 0.1) is 0 Å². The van der Waals surface area contributed by atoms with E-state index in [1.54, 1.807) is 0 Å². The van der Waals surface area contributed by atoms with Crippen molar-refractivity contribution in [2.24, 2.45) is 0 Å². The highest BCUT2D eigenvalue weighted by molar-refractivity contribution is 7.99. The molecule has 0 spiro atoms. The van der Waals surface area contributed by atoms with Gasteiger partial charge in [0.05, 0.1) is 5.75 Å². The molecule has 0 radical (unpaired) electrons. The Morgan fingerprint density at radius 1 is 1.12 bits per heavy atom. The van der Waals surface area contributed by atoms with Crippen molar-refractivity contribution in [2.75, 3.05) is 11.1 Å². The van der Waals surface area contributed by atoms with Gasteiger partial charge in [0, 0.05) is 24.0 Å². The minimum atomic E-state index is -0.0366. The Morgan fingerprint density at radius 2 is 1.92 bits per heavy atom. The summed E-state index contributed by atoms with van der Waals surface area (Å²) in [5.41, 5.74) is 0.841. The second-order valence-corrected chi connectivity index (χ2v) is 6.71. The number of hydrogen-bond acceptors (Lipinski definition) is 4. The Bertz CT molecular complexity index is 869. The Hall–Kier alpha value is -2.34. The number of amides is 1. The molecule has 1 aromatic heterocycles. The molecule has 0 bridgehead atoms. The molecule has 0 aliphatic carbocycles. The SMILES string of the molecule is CCCn1c(CC)nnc1SCC(=O)Nc1cccc2ccccc12. The van der Waals surface area contributed by atoms with Crippen LogP contribution in [0.2, 0.25) is 0 Å². The third-order valence-electron chi connectivity index (χ3n) is 3.95. The molecule has 0 aliphatic rings. The average molecular weight is 354 g/mol. The average Bonchev–Trinajstić information content (AvgIpc) is 3.02. The van der Waals surface area contributed by atoms with Crippen molar-refractivity contribution in [1.29, 1.82) is 0 Å². The van der Waals surface area contributed by atoms with E-state index >= 15 is 0 Å². The van der Waals surface area contributed by atoms with Gasteiger partial charge in [-0.05, 0) is 17.9 Å². The molecule has 1 heterocycles. The van der Waals surface area contributed by atoms with Gasteiger partial charge < -0.3 is 9.88 Å². The lowest BCUT2D eigenvalue weighted by atomic mass is 10.1. The fraction of sp³-hybridized carbons (Fsp3) is 0.316. The second-order valence-electron chi connectivity index (χ2n) is 5.77. The molecular formula is C19H22N4OS. The summed E-state index contributed by atoms with van der Waals surface area (Å²) in [5, 5.41) is 14.4. The van der Waals surface area contributed by atoms with Crippen molar-refractivity contribution in [2.45, 2.75) is 38.4 Å². The van der Waals surface area contributed by atoms with E-state index in [4.69, 9.17) is 0 Å². The van der Waals surface area contributed by atoms with Crippen LogP contribution in [0.3, 0.4) is 0 Å². The number of thioether (sulfide) groups is 1. The van der Waals surface area contributed by atoms with Crippen LogP contribution < -0.4 is 5.32 Å². The van der Waals surface area contributed by atoms with Crippen molar-refractivity contribution >= 4 is 34.1 Å². The summed E-state index contributed by atoms with van der Waals surface area (Å²) in [6.45, 7) is 5.07. The van der Waals surface area contributed by atoms with E-state index in [9.17, 15) is 4.79 Å². The highest BCUT2D eigenvalue weighted by atomic mass is 32.2. The van der Waals surface area contributed by atoms with Crippen molar-refractivity contribution in [3.05, 3.63) is 48.3 Å². The van der Waals surface area contributed by atoms with Gasteiger partial charge in [-0.2, -0.15) is 0 Å². The number of anilines is 1. The van der Waals surface area contributed by atoms with Crippen LogP contribution in [0.1, 0.15) is 26.1 Å². The van der Waals surface area contributed by atoms with E-state index in [0.717, 1.165) is 46.8 Å². The van der Waals surface area contributed by atoms with Crippen LogP contribution in [-0.4, -0.2) is 26.4 Å². The molecule has 0 unspecified atom stereocenters. The van der Waals surface area contributed by atoms with Crippen LogP contribution >= 0.6 is 11.8 Å². The van der Waals surface area contributed by atoms with Gasteiger partial charge in [-0.25, -0.2) is 0 Å². The predicted molar refractivity (Wildman–Crippen MR) is 103 cm³/mol. The van der Waals surface area contributed by atoms with Crippen molar-refractivity contribution in [3.8, 4) is 0 Å². The molecule has 25 heavy (non-hydrogen) atoms. The maximum Gasteiger partial charge on any atom is 0.234 e. The lowest BCUT2D eigenvalue weighted by Gasteiger charge is -2.09. The molecule has 2 aromatic carbocycles. The van der Waals surface area contributed by atoms with E-state index in [2.05, 4.69) is 33.9 Å². The Morgan fingerprint density at radius 3 is 2.72 bits per heavy atom. The molecule has 3 aromatic rings. The van der Waals surface area contributed by atoms with Gasteiger partial charge >= 0.3 is 0 Å². The summed E-state index contributed by atoms with van der Waals surface area (Å²) in [6.07, 6.45) is 1.86. The van der Waals surface area contributed by atoms with Crippen LogP contribution in [0.5, 0.6) is 0 Å². The molecule has 3 rings (SSSR count). The quantitative estimate of drug-likeness (QED) is 0.648. The van der Waals surface area contributed by atoms with Gasteiger partial charge in [-0.3, -0.25) is 4.79 Å². The molecule has 0 saturated carbocycles. The second kappa shape index (κ2) is 8.16. The zero-order chi connectivity index (χ0) is 17.6. The summed E-state index contributed by atoms with van der Waals surface area (Å²) < 4.78 is 2.11. The van der Waals surface area contributed by atoms with Gasteiger partial charge in [0.1, 0.15) is 5.82 Å². The van der Waals surface area contributed by atoms with Crippen LogP contribution in [0.15, 0.2) is 47.6 Å². The number of rotatable bonds is 7. The zero-order valence-electron chi connectivity index (χ0n) is 14.5. The maximum absolute atomic E-state index is 12.4. The van der Waals surface area contributed by atoms with Gasteiger partial charge in [-0.15, -0.1) is 10.2 Å². The number of carbonyl (C=O) groups is 1. The van der Waals surface area contributed by atoms with Crippen molar-refractivity contribution in [3.63, 3.8) is 0 Å². The summed E-state index contributed by atoms with van der Waals surface area (Å²) in [6, 6.07) is 14.0. The third-order valence-corrected chi connectivity index (χ3v) is 4.92. The minimum Gasteiger partial charge on any atom is -0.325 e. The molecule has 0 saturated heterocycles. The molecule has 5 nitrogen and oxygen atoms in total. The highest BCUT2D eigenvalue weighted by Crippen LogP contribution is 2.24. The number of nitrogens with one attached hydrogen (secondary N) is 1. The van der Waals surface area contributed by atoms with Crippen LogP contribution in [0.4, 0.5) is 5.69 Å². The van der Waals surface area contributed by atoms with E-state index in [0.29, 0.717) is 5.75 Å². The Balaban J connectivity index is 1.68. The number of aromatic nitrogens is 3. The van der Waals surface area contributed by atoms with Gasteiger partial charge in [0.25, 0.3) is 0 Å². The summed E-state index contributed by atoms with van der Waals surface area (Å²) >= 11 is 1.43. The number of nitrogens with zero attached hydrogens (tertiary/aromatic N) is 3. The van der Waals surface area contributed by atoms with E-state index in [1.807, 2.05) is 42.5 Å². The monoisotopic (exact) mass is 354 g/mol. The van der Waals surface area contributed by atoms with Gasteiger partial charge in [-0.1, -0.05) is 62.0 Å². The van der Waals surface area contributed by atoms with E-state index < -0.39 is 0 Å². The maximum atomic E-state index is 12.4. The predicted octanol–water partition coefficient (Wildman–Crippen LogP) is 4.13. The molecule has 130 valence electrons. The zero-order valence-corrected chi connectivity index (χ0v) is 15.3. The topological polar surface area (TPSA) is 59.8 Å². The fourth-order valence-corrected chi connectivity index (χ4v) is 3.57. The van der Waals surface area contributed by atoms with Crippen LogP contribution in [-0.2, 0) is 17.8 Å². The first kappa shape index (κ1) is 17.5. The van der Waals surface area contributed by atoms with Gasteiger partial charge in [0.15, 0.2) is 5.16 Å². The number of aryl methyl sites for hydroxylation is 1. The number of hydrogen-bond donors (Lipinski definition) is 1. The fourth-order valence-electron chi connectivity index (χ4n) is 2.79. The van der Waals surface area contributed by atoms with Crippen molar-refractivity contribution < 1.29 is 4.79 Å². The largest absolute Gasteiger partial charge is 0.325 e. The summed E-state index contributed by atoms with van der Waals surface area (Å²) in [4.78, 5) is 12.4. The van der Waals surface area contributed by atoms with E-state index in [-0.39, 0.29) is 5.91 Å². The standard InChI is InChI=1S/C19H22N4OS/c1-3-12-23-17(4-2)21-22-19(23)25-13-18(24)20-16-11-7-9-14-8-5-6-10-15(14)16/h5-11H,3-4,12-13H2,1-2H3,(H,20,24). The molecule has 1 N–H and O–H groups in total. The highest BCUT2D eigenvalue weighted by Gasteiger charge is 2.13. The molecular weight excluding hydrogens is 332 g/mol. The molecule has 0 aliphatic heterocycles. The Kier molecular flexibility index (Phi) is 5.71. The first-order valence-corrected chi connectivity index (χ1v) is 9.54. The first-order chi connectivity index (χ1) is 12.2. The number of fused-ring (bicyclic) bond motifs is 1. The lowest BCUT2D eigenvalue weighted by Crippen LogP contribution is -2.15.